The highest BCUT2D eigenvalue weighted by atomic mass is 16.5. The third-order valence-electron chi connectivity index (χ3n) is 3.11. The zero-order valence-electron chi connectivity index (χ0n) is 9.24. The quantitative estimate of drug-likeness (QED) is 0.680. The van der Waals surface area contributed by atoms with Crippen LogP contribution in [0.2, 0.25) is 0 Å². The lowest BCUT2D eigenvalue weighted by Gasteiger charge is -2.45. The molecule has 2 fully saturated rings. The zero-order chi connectivity index (χ0) is 9.97. The number of rotatable bonds is 3. The molecule has 1 atom stereocenters. The minimum Gasteiger partial charge on any atom is -0.378 e. The van der Waals surface area contributed by atoms with Crippen molar-refractivity contribution in [1.82, 2.24) is 4.90 Å². The van der Waals surface area contributed by atoms with Gasteiger partial charge >= 0.3 is 0 Å². The number of hydrogen-bond donors (Lipinski definition) is 0. The average molecular weight is 199 g/mol. The lowest BCUT2D eigenvalue weighted by molar-refractivity contribution is -0.120. The number of hydrogen-bond acceptors (Lipinski definition) is 3. The fourth-order valence-corrected chi connectivity index (χ4v) is 2.31. The molecule has 3 nitrogen and oxygen atoms in total. The molecule has 82 valence electrons. The number of nitrogens with zero attached hydrogens (tertiary/aromatic N) is 1. The van der Waals surface area contributed by atoms with E-state index in [9.17, 15) is 0 Å². The molecular weight excluding hydrogens is 178 g/mol. The summed E-state index contributed by atoms with van der Waals surface area (Å²) in [5, 5.41) is 0. The molecular formula is C11H21NO2. The molecule has 1 unspecified atom stereocenters. The smallest absolute Gasteiger partial charge is 0.0645 e. The van der Waals surface area contributed by atoms with Gasteiger partial charge in [0.05, 0.1) is 32.5 Å². The summed E-state index contributed by atoms with van der Waals surface area (Å²) < 4.78 is 10.8. The summed E-state index contributed by atoms with van der Waals surface area (Å²) in [6.07, 6.45) is 1.25. The van der Waals surface area contributed by atoms with Crippen molar-refractivity contribution in [2.45, 2.75) is 32.4 Å². The van der Waals surface area contributed by atoms with Crippen LogP contribution >= 0.6 is 0 Å². The molecule has 14 heavy (non-hydrogen) atoms. The van der Waals surface area contributed by atoms with Crippen molar-refractivity contribution >= 4 is 0 Å². The molecule has 3 heteroatoms. The Bertz CT molecular complexity index is 180. The second-order valence-corrected chi connectivity index (χ2v) is 4.79. The standard InChI is InChI=1S/C11H21NO2/c1-9(2)5-10-6-13-4-3-12(10)11-7-14-8-11/h9-11H,3-8H2,1-2H3. The molecule has 2 aliphatic heterocycles. The van der Waals surface area contributed by atoms with Gasteiger partial charge in [0.25, 0.3) is 0 Å². The topological polar surface area (TPSA) is 21.7 Å². The first-order valence-corrected chi connectivity index (χ1v) is 5.68. The first-order valence-electron chi connectivity index (χ1n) is 5.68. The molecule has 0 aromatic rings. The molecule has 2 saturated heterocycles. The van der Waals surface area contributed by atoms with Crippen LogP contribution in [0.5, 0.6) is 0 Å². The number of morpholine rings is 1. The maximum atomic E-state index is 5.55. The minimum absolute atomic E-state index is 0.623. The average Bonchev–Trinajstić information content (AvgIpc) is 2.04. The maximum Gasteiger partial charge on any atom is 0.0645 e. The van der Waals surface area contributed by atoms with E-state index < -0.39 is 0 Å². The van der Waals surface area contributed by atoms with Gasteiger partial charge in [0.1, 0.15) is 0 Å². The molecule has 0 spiro atoms. The molecule has 0 aromatic carbocycles. The van der Waals surface area contributed by atoms with Crippen molar-refractivity contribution in [2.75, 3.05) is 33.0 Å². The van der Waals surface area contributed by atoms with E-state index in [0.29, 0.717) is 12.1 Å². The third kappa shape index (κ3) is 2.27. The molecule has 0 aliphatic carbocycles. The Balaban J connectivity index is 1.88. The Labute approximate surface area is 86.4 Å². The Kier molecular flexibility index (Phi) is 3.42. The van der Waals surface area contributed by atoms with Crippen LogP contribution in [0.1, 0.15) is 20.3 Å². The normalized spacial score (nSPS) is 30.6. The maximum absolute atomic E-state index is 5.55. The van der Waals surface area contributed by atoms with Gasteiger partial charge in [-0.1, -0.05) is 13.8 Å². The van der Waals surface area contributed by atoms with Crippen LogP contribution in [0.15, 0.2) is 0 Å². The van der Waals surface area contributed by atoms with Crippen molar-refractivity contribution < 1.29 is 9.47 Å². The van der Waals surface area contributed by atoms with Gasteiger partial charge < -0.3 is 9.47 Å². The van der Waals surface area contributed by atoms with Crippen LogP contribution < -0.4 is 0 Å². The summed E-state index contributed by atoms with van der Waals surface area (Å²) in [7, 11) is 0. The van der Waals surface area contributed by atoms with Gasteiger partial charge in [0.15, 0.2) is 0 Å². The molecule has 2 rings (SSSR count). The van der Waals surface area contributed by atoms with Crippen LogP contribution in [0.3, 0.4) is 0 Å². The van der Waals surface area contributed by atoms with Gasteiger partial charge in [-0.2, -0.15) is 0 Å². The number of ether oxygens (including phenoxy) is 2. The summed E-state index contributed by atoms with van der Waals surface area (Å²) in [4.78, 5) is 2.59. The lowest BCUT2D eigenvalue weighted by Crippen LogP contribution is -2.58. The summed E-state index contributed by atoms with van der Waals surface area (Å²) in [5.41, 5.74) is 0. The predicted molar refractivity (Wildman–Crippen MR) is 55.4 cm³/mol. The molecule has 0 aromatic heterocycles. The van der Waals surface area contributed by atoms with Gasteiger partial charge in [-0.15, -0.1) is 0 Å². The van der Waals surface area contributed by atoms with E-state index in [1.165, 1.54) is 6.42 Å². The molecule has 0 saturated carbocycles. The van der Waals surface area contributed by atoms with E-state index in [0.717, 1.165) is 38.9 Å². The van der Waals surface area contributed by atoms with E-state index in [1.54, 1.807) is 0 Å². The van der Waals surface area contributed by atoms with Crippen LogP contribution in [0.4, 0.5) is 0 Å². The van der Waals surface area contributed by atoms with Crippen molar-refractivity contribution in [3.05, 3.63) is 0 Å². The van der Waals surface area contributed by atoms with Crippen molar-refractivity contribution in [3.63, 3.8) is 0 Å². The summed E-state index contributed by atoms with van der Waals surface area (Å²) in [6.45, 7) is 9.31. The van der Waals surface area contributed by atoms with Gasteiger partial charge in [-0.05, 0) is 12.3 Å². The van der Waals surface area contributed by atoms with E-state index >= 15 is 0 Å². The van der Waals surface area contributed by atoms with Crippen LogP contribution in [-0.2, 0) is 9.47 Å². The van der Waals surface area contributed by atoms with E-state index in [2.05, 4.69) is 18.7 Å². The van der Waals surface area contributed by atoms with E-state index in [4.69, 9.17) is 9.47 Å². The van der Waals surface area contributed by atoms with Crippen LogP contribution in [0.25, 0.3) is 0 Å². The van der Waals surface area contributed by atoms with Crippen molar-refractivity contribution in [1.29, 1.82) is 0 Å². The zero-order valence-corrected chi connectivity index (χ0v) is 9.24. The molecule has 0 N–H and O–H groups in total. The van der Waals surface area contributed by atoms with Gasteiger partial charge in [-0.25, -0.2) is 0 Å². The minimum atomic E-state index is 0.623. The Morgan fingerprint density at radius 1 is 1.21 bits per heavy atom. The van der Waals surface area contributed by atoms with Crippen molar-refractivity contribution in [2.24, 2.45) is 5.92 Å². The van der Waals surface area contributed by atoms with Gasteiger partial charge in [0, 0.05) is 12.6 Å². The fraction of sp³-hybridized carbons (Fsp3) is 1.00. The first kappa shape index (κ1) is 10.4. The van der Waals surface area contributed by atoms with Gasteiger partial charge in [0.2, 0.25) is 0 Å². The second kappa shape index (κ2) is 4.60. The summed E-state index contributed by atoms with van der Waals surface area (Å²) in [5.74, 6) is 0.755. The second-order valence-electron chi connectivity index (χ2n) is 4.79. The fourth-order valence-electron chi connectivity index (χ4n) is 2.31. The highest BCUT2D eigenvalue weighted by molar-refractivity contribution is 4.85. The summed E-state index contributed by atoms with van der Waals surface area (Å²) in [6, 6.07) is 1.29. The monoisotopic (exact) mass is 199 g/mol. The van der Waals surface area contributed by atoms with Gasteiger partial charge in [-0.3, -0.25) is 4.90 Å². The highest BCUT2D eigenvalue weighted by Gasteiger charge is 2.33. The Morgan fingerprint density at radius 2 is 2.00 bits per heavy atom. The highest BCUT2D eigenvalue weighted by Crippen LogP contribution is 2.21. The molecule has 0 bridgehead atoms. The first-order chi connectivity index (χ1) is 6.77. The largest absolute Gasteiger partial charge is 0.378 e. The van der Waals surface area contributed by atoms with E-state index in [1.807, 2.05) is 0 Å². The molecule has 0 amide bonds. The Hall–Kier alpha value is -0.120. The SMILES string of the molecule is CC(C)CC1COCCN1C1COC1. The Morgan fingerprint density at radius 3 is 2.57 bits per heavy atom. The third-order valence-corrected chi connectivity index (χ3v) is 3.11. The lowest BCUT2D eigenvalue weighted by atomic mass is 10.00. The van der Waals surface area contributed by atoms with Crippen LogP contribution in [-0.4, -0.2) is 50.0 Å². The van der Waals surface area contributed by atoms with Crippen molar-refractivity contribution in [3.8, 4) is 0 Å². The summed E-state index contributed by atoms with van der Waals surface area (Å²) >= 11 is 0. The molecule has 2 aliphatic rings. The van der Waals surface area contributed by atoms with Crippen LogP contribution in [0, 0.1) is 5.92 Å². The molecule has 2 heterocycles. The molecule has 0 radical (unpaired) electrons. The van der Waals surface area contributed by atoms with E-state index in [-0.39, 0.29) is 0 Å². The predicted octanol–water partition coefficient (Wildman–Crippen LogP) is 1.13.